The molecule has 2 heterocycles. The van der Waals surface area contributed by atoms with Crippen molar-refractivity contribution >= 4 is 29.2 Å². The first-order chi connectivity index (χ1) is 19.2. The summed E-state index contributed by atoms with van der Waals surface area (Å²) in [6.07, 6.45) is -0.417. The number of piperazine rings is 1. The fraction of sp³-hybridized carbons (Fsp3) is 0.406. The first-order valence-electron chi connectivity index (χ1n) is 14.0. The van der Waals surface area contributed by atoms with Crippen molar-refractivity contribution in [3.63, 3.8) is 0 Å². The Balaban J connectivity index is 1.67. The van der Waals surface area contributed by atoms with Crippen LogP contribution < -0.4 is 15.4 Å². The highest BCUT2D eigenvalue weighted by molar-refractivity contribution is 6.30. The Hall–Kier alpha value is -2.77. The van der Waals surface area contributed by atoms with Gasteiger partial charge in [0, 0.05) is 41.8 Å². The number of carbonyl (C=O) groups excluding carboxylic acids is 1. The Kier molecular flexibility index (Phi) is 8.62. The van der Waals surface area contributed by atoms with Gasteiger partial charge in [0.2, 0.25) is 0 Å². The van der Waals surface area contributed by atoms with Crippen LogP contribution in [0.15, 0.2) is 66.7 Å². The quantitative estimate of drug-likeness (QED) is 0.338. The van der Waals surface area contributed by atoms with Crippen molar-refractivity contribution in [1.29, 1.82) is 0 Å². The molecule has 2 unspecified atom stereocenters. The van der Waals surface area contributed by atoms with Gasteiger partial charge in [0.25, 0.3) is 0 Å². The van der Waals surface area contributed by atoms with Gasteiger partial charge >= 0.3 is 6.03 Å². The Bertz CT molecular complexity index is 1320. The maximum atomic E-state index is 14.5. The van der Waals surface area contributed by atoms with Crippen LogP contribution in [-0.4, -0.2) is 48.6 Å². The molecule has 0 aromatic heterocycles. The summed E-state index contributed by atoms with van der Waals surface area (Å²) in [6.45, 7) is 12.0. The van der Waals surface area contributed by atoms with Crippen LogP contribution in [-0.2, 0) is 5.41 Å². The average molecular weight is 582 g/mol. The summed E-state index contributed by atoms with van der Waals surface area (Å²) in [5.74, 6) is 0.789. The Labute approximate surface area is 247 Å². The molecule has 2 aliphatic heterocycles. The zero-order valence-corrected chi connectivity index (χ0v) is 25.1. The molecule has 0 spiro atoms. The normalized spacial score (nSPS) is 21.5. The smallest absolute Gasteiger partial charge is 0.322 e. The van der Waals surface area contributed by atoms with Crippen molar-refractivity contribution < 1.29 is 9.53 Å². The van der Waals surface area contributed by atoms with Crippen LogP contribution >= 0.6 is 23.2 Å². The molecule has 8 heteroatoms. The first kappa shape index (κ1) is 28.7. The molecule has 6 nitrogen and oxygen atoms in total. The minimum Gasteiger partial charge on any atom is -0.493 e. The highest BCUT2D eigenvalue weighted by Crippen LogP contribution is 2.48. The van der Waals surface area contributed by atoms with Gasteiger partial charge in [0.1, 0.15) is 11.9 Å². The molecular formula is C32H38Cl2N4O2. The molecule has 40 heavy (non-hydrogen) atoms. The highest BCUT2D eigenvalue weighted by Gasteiger charge is 2.47. The molecule has 2 saturated heterocycles. The Morgan fingerprint density at radius 1 is 0.925 bits per heavy atom. The van der Waals surface area contributed by atoms with E-state index in [1.165, 1.54) is 5.56 Å². The number of carbonyl (C=O) groups is 1. The molecule has 212 valence electrons. The third kappa shape index (κ3) is 5.96. The molecule has 0 radical (unpaired) electrons. The minimum absolute atomic E-state index is 0.00207. The van der Waals surface area contributed by atoms with E-state index in [1.807, 2.05) is 65.3 Å². The lowest BCUT2D eigenvalue weighted by Crippen LogP contribution is -2.52. The molecule has 0 bridgehead atoms. The lowest BCUT2D eigenvalue weighted by atomic mass is 9.86. The van der Waals surface area contributed by atoms with Crippen molar-refractivity contribution in [2.24, 2.45) is 0 Å². The second-order valence-electron chi connectivity index (χ2n) is 11.5. The van der Waals surface area contributed by atoms with Crippen molar-refractivity contribution in [2.45, 2.75) is 51.4 Å². The number of nitrogens with zero attached hydrogens (tertiary/aromatic N) is 2. The van der Waals surface area contributed by atoms with E-state index in [9.17, 15) is 4.79 Å². The van der Waals surface area contributed by atoms with Gasteiger partial charge in [-0.05, 0) is 59.4 Å². The zero-order chi connectivity index (χ0) is 28.4. The predicted molar refractivity (Wildman–Crippen MR) is 162 cm³/mol. The number of urea groups is 1. The number of halogens is 2. The van der Waals surface area contributed by atoms with Crippen LogP contribution in [0.1, 0.15) is 68.2 Å². The van der Waals surface area contributed by atoms with E-state index in [-0.39, 0.29) is 23.5 Å². The van der Waals surface area contributed by atoms with Gasteiger partial charge in [0.05, 0.1) is 18.7 Å². The lowest BCUT2D eigenvalue weighted by Gasteiger charge is -2.37. The minimum atomic E-state index is -0.417. The predicted octanol–water partition coefficient (Wildman–Crippen LogP) is 7.10. The number of rotatable bonds is 5. The number of hydrogen-bond acceptors (Lipinski definition) is 4. The number of hydrogen-bond donors (Lipinski definition) is 2. The Morgan fingerprint density at radius 3 is 2.10 bits per heavy atom. The maximum Gasteiger partial charge on any atom is 0.322 e. The molecular weight excluding hydrogens is 543 g/mol. The molecule has 2 N–H and O–H groups in total. The fourth-order valence-electron chi connectivity index (χ4n) is 5.62. The third-order valence-electron chi connectivity index (χ3n) is 7.75. The largest absolute Gasteiger partial charge is 0.493 e. The number of benzene rings is 3. The number of amides is 2. The van der Waals surface area contributed by atoms with Gasteiger partial charge < -0.3 is 15.0 Å². The summed E-state index contributed by atoms with van der Waals surface area (Å²) < 4.78 is 6.24. The SMILES string of the molecule is CCOc1cc(C(C)(C)C)ccc1C1NC(c2ccc(Cl)cc2)[C@@H](c2ccc(Cl)cc2)N1C(=O)N1CCNCC1. The maximum absolute atomic E-state index is 14.5. The van der Waals surface area contributed by atoms with Gasteiger partial charge in [-0.25, -0.2) is 4.79 Å². The summed E-state index contributed by atoms with van der Waals surface area (Å²) >= 11 is 12.6. The van der Waals surface area contributed by atoms with Crippen molar-refractivity contribution in [2.75, 3.05) is 32.8 Å². The van der Waals surface area contributed by atoms with Crippen molar-refractivity contribution in [3.05, 3.63) is 99.0 Å². The van der Waals surface area contributed by atoms with Crippen LogP contribution in [0, 0.1) is 0 Å². The van der Waals surface area contributed by atoms with Crippen molar-refractivity contribution in [1.82, 2.24) is 20.4 Å². The highest BCUT2D eigenvalue weighted by atomic mass is 35.5. The number of ether oxygens (including phenoxy) is 1. The molecule has 3 atom stereocenters. The van der Waals surface area contributed by atoms with E-state index in [4.69, 9.17) is 27.9 Å². The van der Waals surface area contributed by atoms with Gasteiger partial charge in [0.15, 0.2) is 0 Å². The summed E-state index contributed by atoms with van der Waals surface area (Å²) in [5, 5.41) is 8.53. The van der Waals surface area contributed by atoms with Crippen LogP contribution in [0.3, 0.4) is 0 Å². The summed E-state index contributed by atoms with van der Waals surface area (Å²) in [6, 6.07) is 21.6. The zero-order valence-electron chi connectivity index (χ0n) is 23.6. The van der Waals surface area contributed by atoms with E-state index in [0.717, 1.165) is 35.5 Å². The molecule has 2 aliphatic rings. The Morgan fingerprint density at radius 2 is 1.52 bits per heavy atom. The number of nitrogens with one attached hydrogen (secondary N) is 2. The van der Waals surface area contributed by atoms with Gasteiger partial charge in [-0.1, -0.05) is 80.4 Å². The fourth-order valence-corrected chi connectivity index (χ4v) is 5.87. The monoisotopic (exact) mass is 580 g/mol. The van der Waals surface area contributed by atoms with Crippen LogP contribution in [0.5, 0.6) is 5.75 Å². The summed E-state index contributed by atoms with van der Waals surface area (Å²) in [7, 11) is 0. The molecule has 0 aliphatic carbocycles. The van der Waals surface area contributed by atoms with Crippen LogP contribution in [0.2, 0.25) is 10.0 Å². The van der Waals surface area contributed by atoms with Crippen LogP contribution in [0.25, 0.3) is 0 Å². The van der Waals surface area contributed by atoms with E-state index in [2.05, 4.69) is 49.6 Å². The van der Waals surface area contributed by atoms with Gasteiger partial charge in [-0.3, -0.25) is 10.2 Å². The average Bonchev–Trinajstić information content (AvgIpc) is 3.34. The van der Waals surface area contributed by atoms with E-state index in [1.54, 1.807) is 0 Å². The molecule has 3 aromatic carbocycles. The summed E-state index contributed by atoms with van der Waals surface area (Å²) in [5.41, 5.74) is 4.14. The van der Waals surface area contributed by atoms with Gasteiger partial charge in [-0.2, -0.15) is 0 Å². The van der Waals surface area contributed by atoms with Crippen LogP contribution in [0.4, 0.5) is 4.79 Å². The summed E-state index contributed by atoms with van der Waals surface area (Å²) in [4.78, 5) is 18.4. The molecule has 3 aromatic rings. The standard InChI is InChI=1S/C32H38Cl2N4O2/c1-5-40-27-20-23(32(2,3)4)10-15-26(27)30-36-28(21-6-11-24(33)12-7-21)29(22-8-13-25(34)14-9-22)38(30)31(39)37-18-16-35-17-19-37/h6-15,20,28-30,35-36H,5,16-19H2,1-4H3/t28?,29-,30?/m1/s1. The molecule has 0 saturated carbocycles. The second kappa shape index (κ2) is 12.0. The van der Waals surface area contributed by atoms with E-state index >= 15 is 0 Å². The van der Waals surface area contributed by atoms with E-state index in [0.29, 0.717) is 29.7 Å². The van der Waals surface area contributed by atoms with Crippen molar-refractivity contribution in [3.8, 4) is 5.75 Å². The third-order valence-corrected chi connectivity index (χ3v) is 8.26. The van der Waals surface area contributed by atoms with E-state index < -0.39 is 6.17 Å². The second-order valence-corrected chi connectivity index (χ2v) is 12.3. The first-order valence-corrected chi connectivity index (χ1v) is 14.7. The molecule has 2 amide bonds. The lowest BCUT2D eigenvalue weighted by molar-refractivity contribution is 0.121. The molecule has 2 fully saturated rings. The topological polar surface area (TPSA) is 56.8 Å². The molecule has 5 rings (SSSR count). The van der Waals surface area contributed by atoms with Gasteiger partial charge in [-0.15, -0.1) is 0 Å².